The van der Waals surface area contributed by atoms with E-state index >= 15 is 0 Å². The Balaban J connectivity index is 1.64. The third-order valence-corrected chi connectivity index (χ3v) is 5.04. The second kappa shape index (κ2) is 7.28. The summed E-state index contributed by atoms with van der Waals surface area (Å²) < 4.78 is 5.52. The number of carbonyl (C=O) groups is 1. The summed E-state index contributed by atoms with van der Waals surface area (Å²) in [4.78, 5) is 12.0. The highest BCUT2D eigenvalue weighted by Crippen LogP contribution is 2.31. The summed E-state index contributed by atoms with van der Waals surface area (Å²) in [6, 6.07) is 0. The van der Waals surface area contributed by atoms with Crippen molar-refractivity contribution in [3.05, 3.63) is 0 Å². The lowest BCUT2D eigenvalue weighted by Crippen LogP contribution is -2.26. The van der Waals surface area contributed by atoms with Crippen LogP contribution in [0.4, 0.5) is 0 Å². The van der Waals surface area contributed by atoms with Crippen molar-refractivity contribution in [2.45, 2.75) is 58.3 Å². The summed E-state index contributed by atoms with van der Waals surface area (Å²) in [5, 5.41) is 9.10. The molecule has 0 spiro atoms. The Hall–Kier alpha value is -0.570. The van der Waals surface area contributed by atoms with E-state index in [-0.39, 0.29) is 11.9 Å². The van der Waals surface area contributed by atoms with Crippen LogP contribution in [0.15, 0.2) is 0 Å². The average Bonchev–Trinajstić information content (AvgIpc) is 2.46. The molecule has 0 aromatic carbocycles. The molecule has 0 aliphatic heterocycles. The molecule has 2 aliphatic carbocycles. The molecular formula is C16H28O3. The zero-order chi connectivity index (χ0) is 13.7. The lowest BCUT2D eigenvalue weighted by Gasteiger charge is -2.28. The van der Waals surface area contributed by atoms with Crippen molar-refractivity contribution in [1.82, 2.24) is 0 Å². The molecule has 0 unspecified atom stereocenters. The summed E-state index contributed by atoms with van der Waals surface area (Å²) in [7, 11) is 0. The number of aliphatic hydroxyl groups excluding tert-OH is 1. The number of carbonyl (C=O) groups excluding carboxylic acids is 1. The molecule has 0 bridgehead atoms. The zero-order valence-corrected chi connectivity index (χ0v) is 12.1. The topological polar surface area (TPSA) is 46.5 Å². The predicted octanol–water partition coefficient (Wildman–Crippen LogP) is 3.15. The molecule has 3 heteroatoms. The maximum absolute atomic E-state index is 12.0. The molecule has 0 amide bonds. The maximum Gasteiger partial charge on any atom is 0.308 e. The minimum absolute atomic E-state index is 0.0381. The van der Waals surface area contributed by atoms with E-state index in [0.29, 0.717) is 25.0 Å². The molecule has 2 rings (SSSR count). The minimum atomic E-state index is 0.0381. The highest BCUT2D eigenvalue weighted by atomic mass is 16.5. The monoisotopic (exact) mass is 268 g/mol. The first kappa shape index (κ1) is 14.8. The van der Waals surface area contributed by atoms with E-state index in [1.54, 1.807) is 0 Å². The summed E-state index contributed by atoms with van der Waals surface area (Å²) >= 11 is 0. The number of rotatable bonds is 4. The van der Waals surface area contributed by atoms with Gasteiger partial charge in [0.2, 0.25) is 0 Å². The molecule has 0 aromatic rings. The van der Waals surface area contributed by atoms with E-state index in [2.05, 4.69) is 6.92 Å². The second-order valence-electron chi connectivity index (χ2n) is 6.66. The summed E-state index contributed by atoms with van der Waals surface area (Å²) in [6.45, 7) is 3.18. The van der Waals surface area contributed by atoms with Crippen LogP contribution in [-0.2, 0) is 9.53 Å². The highest BCUT2D eigenvalue weighted by molar-refractivity contribution is 5.72. The molecule has 2 saturated carbocycles. The third kappa shape index (κ3) is 4.48. The van der Waals surface area contributed by atoms with E-state index in [4.69, 9.17) is 9.84 Å². The molecule has 0 saturated heterocycles. The fraction of sp³-hybridized carbons (Fsp3) is 0.938. The maximum atomic E-state index is 12.0. The van der Waals surface area contributed by atoms with Gasteiger partial charge in [0.1, 0.15) is 0 Å². The van der Waals surface area contributed by atoms with E-state index < -0.39 is 0 Å². The normalized spacial score (nSPS) is 35.9. The minimum Gasteiger partial charge on any atom is -0.465 e. The van der Waals surface area contributed by atoms with Gasteiger partial charge in [-0.2, -0.15) is 0 Å². The fourth-order valence-electron chi connectivity index (χ4n) is 3.39. The fourth-order valence-corrected chi connectivity index (χ4v) is 3.39. The number of esters is 1. The Morgan fingerprint density at radius 3 is 2.16 bits per heavy atom. The van der Waals surface area contributed by atoms with Gasteiger partial charge in [-0.15, -0.1) is 0 Å². The van der Waals surface area contributed by atoms with E-state index in [9.17, 15) is 4.79 Å². The SMILES string of the molecule is CC1CCC(C(=O)OCC2CCC(CO)CC2)CC1. The van der Waals surface area contributed by atoms with Crippen LogP contribution in [-0.4, -0.2) is 24.3 Å². The number of ether oxygens (including phenoxy) is 1. The van der Waals surface area contributed by atoms with Crippen LogP contribution in [0.5, 0.6) is 0 Å². The average molecular weight is 268 g/mol. The molecule has 0 heterocycles. The molecule has 110 valence electrons. The van der Waals surface area contributed by atoms with Gasteiger partial charge in [0, 0.05) is 6.61 Å². The van der Waals surface area contributed by atoms with Crippen LogP contribution in [0.3, 0.4) is 0 Å². The van der Waals surface area contributed by atoms with Gasteiger partial charge in [-0.1, -0.05) is 6.92 Å². The van der Waals surface area contributed by atoms with Crippen molar-refractivity contribution < 1.29 is 14.6 Å². The number of hydrogen-bond acceptors (Lipinski definition) is 3. The Morgan fingerprint density at radius 1 is 1.00 bits per heavy atom. The largest absolute Gasteiger partial charge is 0.465 e. The van der Waals surface area contributed by atoms with Crippen molar-refractivity contribution in [3.63, 3.8) is 0 Å². The van der Waals surface area contributed by atoms with Crippen LogP contribution in [0.2, 0.25) is 0 Å². The van der Waals surface area contributed by atoms with Crippen LogP contribution in [0, 0.1) is 23.7 Å². The summed E-state index contributed by atoms with van der Waals surface area (Å²) in [6.07, 6.45) is 8.72. The molecule has 3 nitrogen and oxygen atoms in total. The van der Waals surface area contributed by atoms with Crippen molar-refractivity contribution in [2.24, 2.45) is 23.7 Å². The first-order valence-electron chi connectivity index (χ1n) is 7.96. The van der Waals surface area contributed by atoms with Gasteiger partial charge in [0.05, 0.1) is 12.5 Å². The summed E-state index contributed by atoms with van der Waals surface area (Å²) in [5.41, 5.74) is 0. The summed E-state index contributed by atoms with van der Waals surface area (Å²) in [5.74, 6) is 1.97. The van der Waals surface area contributed by atoms with Gasteiger partial charge >= 0.3 is 5.97 Å². The molecule has 0 radical (unpaired) electrons. The van der Waals surface area contributed by atoms with E-state index in [1.807, 2.05) is 0 Å². The molecule has 0 atom stereocenters. The van der Waals surface area contributed by atoms with Gasteiger partial charge in [0.25, 0.3) is 0 Å². The lowest BCUT2D eigenvalue weighted by molar-refractivity contribution is -0.151. The lowest BCUT2D eigenvalue weighted by atomic mass is 9.82. The van der Waals surface area contributed by atoms with Crippen LogP contribution in [0.25, 0.3) is 0 Å². The Morgan fingerprint density at radius 2 is 1.58 bits per heavy atom. The molecule has 2 aliphatic rings. The van der Waals surface area contributed by atoms with Crippen LogP contribution < -0.4 is 0 Å². The van der Waals surface area contributed by atoms with Crippen LogP contribution >= 0.6 is 0 Å². The Bertz CT molecular complexity index is 274. The van der Waals surface area contributed by atoms with Gasteiger partial charge in [0.15, 0.2) is 0 Å². The standard InChI is InChI=1S/C16H28O3/c1-12-2-8-15(9-3-12)16(18)19-11-14-6-4-13(10-17)5-7-14/h12-15,17H,2-11H2,1H3. The van der Waals surface area contributed by atoms with E-state index in [0.717, 1.165) is 44.4 Å². The number of aliphatic hydroxyl groups is 1. The van der Waals surface area contributed by atoms with Gasteiger partial charge < -0.3 is 9.84 Å². The predicted molar refractivity (Wildman–Crippen MR) is 74.6 cm³/mol. The van der Waals surface area contributed by atoms with Gasteiger partial charge in [-0.05, 0) is 69.1 Å². The Kier molecular flexibility index (Phi) is 5.68. The number of hydrogen-bond donors (Lipinski definition) is 1. The van der Waals surface area contributed by atoms with Crippen molar-refractivity contribution in [3.8, 4) is 0 Å². The molecule has 19 heavy (non-hydrogen) atoms. The van der Waals surface area contributed by atoms with Crippen molar-refractivity contribution in [1.29, 1.82) is 0 Å². The first-order chi connectivity index (χ1) is 9.19. The molecule has 0 aromatic heterocycles. The quantitative estimate of drug-likeness (QED) is 0.797. The van der Waals surface area contributed by atoms with Crippen molar-refractivity contribution in [2.75, 3.05) is 13.2 Å². The first-order valence-corrected chi connectivity index (χ1v) is 7.96. The third-order valence-electron chi connectivity index (χ3n) is 5.04. The van der Waals surface area contributed by atoms with Crippen molar-refractivity contribution >= 4 is 5.97 Å². The highest BCUT2D eigenvalue weighted by Gasteiger charge is 2.27. The van der Waals surface area contributed by atoms with Crippen LogP contribution in [0.1, 0.15) is 58.3 Å². The molecule has 2 fully saturated rings. The van der Waals surface area contributed by atoms with E-state index in [1.165, 1.54) is 12.8 Å². The van der Waals surface area contributed by atoms with Gasteiger partial charge in [-0.3, -0.25) is 4.79 Å². The van der Waals surface area contributed by atoms with Gasteiger partial charge in [-0.25, -0.2) is 0 Å². The molecular weight excluding hydrogens is 240 g/mol. The zero-order valence-electron chi connectivity index (χ0n) is 12.1. The Labute approximate surface area is 116 Å². The molecule has 1 N–H and O–H groups in total. The second-order valence-corrected chi connectivity index (χ2v) is 6.66. The smallest absolute Gasteiger partial charge is 0.308 e.